The Balaban J connectivity index is 1.29. The van der Waals surface area contributed by atoms with Crippen molar-refractivity contribution < 1.29 is 0 Å². The topological polar surface area (TPSA) is 33.7 Å². The largest absolute Gasteiger partial charge is 0.318 e. The number of fused-ring (bicyclic) bond motifs is 8. The zero-order valence-electron chi connectivity index (χ0n) is 24.1. The van der Waals surface area contributed by atoms with Gasteiger partial charge in [0.2, 0.25) is 17.1 Å². The summed E-state index contributed by atoms with van der Waals surface area (Å²) in [5.74, 6) is 0. The first-order chi connectivity index (χ1) is 22.3. The van der Waals surface area contributed by atoms with Crippen LogP contribution in [0.5, 0.6) is 0 Å². The summed E-state index contributed by atoms with van der Waals surface area (Å²) in [6.45, 7) is 0. The molecular formula is C40H25N4S+. The van der Waals surface area contributed by atoms with Gasteiger partial charge in [0.15, 0.2) is 0 Å². The van der Waals surface area contributed by atoms with Gasteiger partial charge >= 0.3 is 0 Å². The molecule has 1 unspecified atom stereocenters. The van der Waals surface area contributed by atoms with E-state index < -0.39 is 0 Å². The van der Waals surface area contributed by atoms with Crippen LogP contribution in [0.3, 0.4) is 0 Å². The average Bonchev–Trinajstić information content (AvgIpc) is 3.64. The number of nitrogens with zero attached hydrogens (tertiary/aromatic N) is 4. The Morgan fingerprint density at radius 3 is 2.18 bits per heavy atom. The molecule has 2 aliphatic rings. The summed E-state index contributed by atoms with van der Waals surface area (Å²) in [7, 11) is 0. The number of thiophene rings is 1. The highest BCUT2D eigenvalue weighted by atomic mass is 32.1. The standard InChI is InChI=1S/C40H25N4S/c1-4-15-38-30(10-1)33-21-37-32(22-39(33)45-38)31-11-5-14-36-40(31)44(37)35-13-3-2-12-34(35)43(36)29-19-27(25-8-6-16-41-23-25)18-28(20-29)26-9-7-17-42-24-26/h1-24,35H/q+1. The first kappa shape index (κ1) is 24.8. The Morgan fingerprint density at radius 2 is 1.40 bits per heavy atom. The smallest absolute Gasteiger partial charge is 0.235 e. The minimum atomic E-state index is 0.0520. The second-order valence-electron chi connectivity index (χ2n) is 11.7. The lowest BCUT2D eigenvalue weighted by Crippen LogP contribution is -2.30. The Hall–Kier alpha value is -5.65. The van der Waals surface area contributed by atoms with Gasteiger partial charge in [-0.05, 0) is 47.5 Å². The number of allylic oxidation sites excluding steroid dienone is 4. The van der Waals surface area contributed by atoms with Crippen LogP contribution in [0.1, 0.15) is 6.04 Å². The predicted molar refractivity (Wildman–Crippen MR) is 189 cm³/mol. The molecule has 0 radical (unpaired) electrons. The highest BCUT2D eigenvalue weighted by Crippen LogP contribution is 2.46. The van der Waals surface area contributed by atoms with Gasteiger partial charge in [-0.3, -0.25) is 9.97 Å². The van der Waals surface area contributed by atoms with Gasteiger partial charge in [-0.2, -0.15) is 4.58 Å². The first-order valence-electron chi connectivity index (χ1n) is 15.2. The quantitative estimate of drug-likeness (QED) is 0.191. The van der Waals surface area contributed by atoms with Gasteiger partial charge in [0.1, 0.15) is 11.6 Å². The Bertz CT molecular complexity index is 2530. The van der Waals surface area contributed by atoms with Crippen LogP contribution in [0.15, 0.2) is 146 Å². The maximum atomic E-state index is 4.44. The van der Waals surface area contributed by atoms with Crippen LogP contribution >= 0.6 is 11.3 Å². The van der Waals surface area contributed by atoms with E-state index in [1.807, 2.05) is 48.3 Å². The van der Waals surface area contributed by atoms with E-state index in [1.54, 1.807) is 0 Å². The van der Waals surface area contributed by atoms with Crippen molar-refractivity contribution in [2.45, 2.75) is 6.04 Å². The van der Waals surface area contributed by atoms with Crippen molar-refractivity contribution in [3.8, 4) is 22.3 Å². The molecule has 0 N–H and O–H groups in total. The minimum absolute atomic E-state index is 0.0520. The molecule has 10 rings (SSSR count). The van der Waals surface area contributed by atoms with E-state index in [2.05, 4.69) is 128 Å². The summed E-state index contributed by atoms with van der Waals surface area (Å²) in [4.78, 5) is 8.88. The fraction of sp³-hybridized carbons (Fsp3) is 0.0250. The molecule has 4 aromatic heterocycles. The van der Waals surface area contributed by atoms with Crippen LogP contribution in [0.2, 0.25) is 0 Å². The van der Waals surface area contributed by atoms with Gasteiger partial charge in [0, 0.05) is 91.1 Å². The number of aromatic nitrogens is 3. The van der Waals surface area contributed by atoms with Gasteiger partial charge in [0.05, 0.1) is 5.52 Å². The molecule has 0 saturated heterocycles. The number of pyridine rings is 2. The van der Waals surface area contributed by atoms with E-state index in [-0.39, 0.29) is 6.04 Å². The van der Waals surface area contributed by atoms with Gasteiger partial charge < -0.3 is 4.57 Å². The lowest BCUT2D eigenvalue weighted by atomic mass is 9.97. The first-order valence-corrected chi connectivity index (χ1v) is 16.0. The molecule has 1 atom stereocenters. The number of hydrogen-bond acceptors (Lipinski definition) is 3. The molecule has 1 aliphatic carbocycles. The third-order valence-electron chi connectivity index (χ3n) is 9.22. The fourth-order valence-corrected chi connectivity index (χ4v) is 8.41. The molecular weight excluding hydrogens is 569 g/mol. The molecule has 0 saturated carbocycles. The summed E-state index contributed by atoms with van der Waals surface area (Å²) >= 11 is 1.88. The fourth-order valence-electron chi connectivity index (χ4n) is 7.28. The van der Waals surface area contributed by atoms with Gasteiger partial charge in [-0.1, -0.05) is 60.7 Å². The molecule has 1 aliphatic heterocycles. The minimum Gasteiger partial charge on any atom is -0.318 e. The lowest BCUT2D eigenvalue weighted by Gasteiger charge is -2.25. The van der Waals surface area contributed by atoms with Gasteiger partial charge in [-0.25, -0.2) is 0 Å². The molecule has 0 amide bonds. The number of para-hydroxylation sites is 1. The molecule has 0 spiro atoms. The number of hydrogen-bond donors (Lipinski definition) is 0. The highest BCUT2D eigenvalue weighted by Gasteiger charge is 2.37. The van der Waals surface area contributed by atoms with Crippen LogP contribution in [0.4, 0.5) is 11.4 Å². The second kappa shape index (κ2) is 9.42. The van der Waals surface area contributed by atoms with Crippen LogP contribution in [-0.2, 0) is 0 Å². The third kappa shape index (κ3) is 3.62. The zero-order chi connectivity index (χ0) is 29.5. The molecule has 45 heavy (non-hydrogen) atoms. The maximum Gasteiger partial charge on any atom is 0.235 e. The third-order valence-corrected chi connectivity index (χ3v) is 10.4. The van der Waals surface area contributed by atoms with Crippen molar-refractivity contribution in [1.82, 2.24) is 19.1 Å². The molecule has 8 aromatic rings. The van der Waals surface area contributed by atoms with E-state index in [1.165, 1.54) is 53.4 Å². The van der Waals surface area contributed by atoms with E-state index in [0.29, 0.717) is 0 Å². The average molecular weight is 594 g/mol. The lowest BCUT2D eigenvalue weighted by molar-refractivity contribution is 0.781. The Kier molecular flexibility index (Phi) is 5.18. The van der Waals surface area contributed by atoms with Crippen molar-refractivity contribution in [2.75, 3.05) is 0 Å². The summed E-state index contributed by atoms with van der Waals surface area (Å²) < 4.78 is 7.69. The molecule has 0 bridgehead atoms. The van der Waals surface area contributed by atoms with Crippen molar-refractivity contribution >= 4 is 70.4 Å². The summed E-state index contributed by atoms with van der Waals surface area (Å²) in [6.07, 6.45) is 16.5. The summed E-state index contributed by atoms with van der Waals surface area (Å²) in [5, 5.41) is 5.24. The Morgan fingerprint density at radius 1 is 0.622 bits per heavy atom. The highest BCUT2D eigenvalue weighted by molar-refractivity contribution is 7.25. The van der Waals surface area contributed by atoms with E-state index in [0.717, 1.165) is 27.9 Å². The van der Waals surface area contributed by atoms with E-state index in [4.69, 9.17) is 0 Å². The van der Waals surface area contributed by atoms with Crippen LogP contribution in [0.25, 0.3) is 64.2 Å². The molecule has 4 nitrogen and oxygen atoms in total. The monoisotopic (exact) mass is 593 g/mol. The van der Waals surface area contributed by atoms with Crippen LogP contribution in [0, 0.1) is 0 Å². The number of rotatable bonds is 3. The van der Waals surface area contributed by atoms with Gasteiger partial charge in [-0.15, -0.1) is 11.3 Å². The van der Waals surface area contributed by atoms with Crippen molar-refractivity contribution in [3.63, 3.8) is 0 Å². The normalized spacial score (nSPS) is 15.5. The van der Waals surface area contributed by atoms with Crippen molar-refractivity contribution in [2.24, 2.45) is 0 Å². The zero-order valence-corrected chi connectivity index (χ0v) is 24.9. The molecule has 5 heteroatoms. The van der Waals surface area contributed by atoms with E-state index in [9.17, 15) is 0 Å². The van der Waals surface area contributed by atoms with Gasteiger partial charge in [0.25, 0.3) is 0 Å². The van der Waals surface area contributed by atoms with Crippen LogP contribution in [-0.4, -0.2) is 20.2 Å². The van der Waals surface area contributed by atoms with Crippen LogP contribution < -0.4 is 4.58 Å². The SMILES string of the molecule is C1=CC2=[N+](c3cc(-c4cccnc4)cc(-c4cccnc4)c3)c3cccc4c5cc6sc7ccccc7c6cc5n(c34)C2C=C1. The maximum absolute atomic E-state index is 4.44. The predicted octanol–water partition coefficient (Wildman–Crippen LogP) is 10.2. The Labute approximate surface area is 263 Å². The molecule has 5 heterocycles. The van der Waals surface area contributed by atoms with E-state index >= 15 is 0 Å². The molecule has 0 fully saturated rings. The summed E-state index contributed by atoms with van der Waals surface area (Å²) in [5.41, 5.74) is 10.5. The second-order valence-corrected chi connectivity index (χ2v) is 12.8. The summed E-state index contributed by atoms with van der Waals surface area (Å²) in [6, 6.07) is 35.5. The van der Waals surface area contributed by atoms with Crippen molar-refractivity contribution in [3.05, 3.63) is 146 Å². The van der Waals surface area contributed by atoms with Crippen molar-refractivity contribution in [1.29, 1.82) is 0 Å². The number of benzene rings is 4. The molecule has 210 valence electrons. The molecule has 4 aromatic carbocycles.